The van der Waals surface area contributed by atoms with Crippen molar-refractivity contribution >= 4 is 5.78 Å². The van der Waals surface area contributed by atoms with Crippen LogP contribution in [0, 0.1) is 45.3 Å². The SMILES string of the molecule is C=C(CCC=C(C)C)[C@@H]1CC[C@]2(C)[C@@H]1CC[C@@H]1[C@@]3(C)CCC(=O)C(C)(C)[C@@H]3CC[C@]12C. The highest BCUT2D eigenvalue weighted by Gasteiger charge is 2.68. The van der Waals surface area contributed by atoms with Gasteiger partial charge in [0.05, 0.1) is 0 Å². The molecule has 4 aliphatic carbocycles. The molecule has 4 rings (SSSR count). The topological polar surface area (TPSA) is 17.1 Å². The van der Waals surface area contributed by atoms with Crippen LogP contribution in [0.3, 0.4) is 0 Å². The lowest BCUT2D eigenvalue weighted by atomic mass is 9.35. The third-order valence-corrected chi connectivity index (χ3v) is 11.7. The van der Waals surface area contributed by atoms with Crippen LogP contribution in [0.5, 0.6) is 0 Å². The Morgan fingerprint density at radius 3 is 2.29 bits per heavy atom. The standard InChI is InChI=1S/C30H48O/c1-20(2)10-9-11-21(3)22-14-18-29(7)23(22)12-13-25-28(6)17-16-26(31)27(4,5)24(28)15-19-30(25,29)8/h10,22-25H,3,9,11-19H2,1-2,4-8H3/t22-,23+,24-,25+,28-,29+,30+/m0/s1. The van der Waals surface area contributed by atoms with Gasteiger partial charge in [0.2, 0.25) is 0 Å². The van der Waals surface area contributed by atoms with Crippen LogP contribution in [0.25, 0.3) is 0 Å². The number of fused-ring (bicyclic) bond motifs is 5. The summed E-state index contributed by atoms with van der Waals surface area (Å²) in [6.07, 6.45) is 14.7. The first kappa shape index (κ1) is 23.3. The molecule has 4 aliphatic rings. The third-order valence-electron chi connectivity index (χ3n) is 11.7. The number of carbonyl (C=O) groups is 1. The molecule has 0 heterocycles. The van der Waals surface area contributed by atoms with Crippen molar-refractivity contribution in [2.24, 2.45) is 45.3 Å². The summed E-state index contributed by atoms with van der Waals surface area (Å²) in [5, 5.41) is 0. The van der Waals surface area contributed by atoms with Crippen molar-refractivity contribution in [3.8, 4) is 0 Å². The molecule has 0 spiro atoms. The second kappa shape index (κ2) is 7.59. The van der Waals surface area contributed by atoms with E-state index in [-0.39, 0.29) is 5.41 Å². The zero-order valence-electron chi connectivity index (χ0n) is 21.6. The molecule has 31 heavy (non-hydrogen) atoms. The van der Waals surface area contributed by atoms with E-state index in [9.17, 15) is 4.79 Å². The maximum Gasteiger partial charge on any atom is 0.138 e. The van der Waals surface area contributed by atoms with Gasteiger partial charge in [0, 0.05) is 11.8 Å². The quantitative estimate of drug-likeness (QED) is 0.413. The maximum absolute atomic E-state index is 12.8. The molecular formula is C30H48O. The van der Waals surface area contributed by atoms with Crippen LogP contribution in [0.4, 0.5) is 0 Å². The van der Waals surface area contributed by atoms with E-state index in [1.807, 2.05) is 0 Å². The van der Waals surface area contributed by atoms with Crippen molar-refractivity contribution in [1.82, 2.24) is 0 Å². The van der Waals surface area contributed by atoms with Crippen molar-refractivity contribution in [2.75, 3.05) is 0 Å². The fourth-order valence-corrected chi connectivity index (χ4v) is 9.76. The van der Waals surface area contributed by atoms with Crippen LogP contribution >= 0.6 is 0 Å². The molecule has 0 aromatic heterocycles. The lowest BCUT2D eigenvalue weighted by Crippen LogP contribution is -2.63. The molecule has 0 N–H and O–H groups in total. The van der Waals surface area contributed by atoms with Crippen LogP contribution < -0.4 is 0 Å². The highest BCUT2D eigenvalue weighted by molar-refractivity contribution is 5.85. The van der Waals surface area contributed by atoms with Crippen LogP contribution in [0.15, 0.2) is 23.8 Å². The Labute approximate surface area is 192 Å². The molecule has 4 saturated carbocycles. The van der Waals surface area contributed by atoms with Crippen molar-refractivity contribution in [3.63, 3.8) is 0 Å². The largest absolute Gasteiger partial charge is 0.299 e. The number of hydrogen-bond acceptors (Lipinski definition) is 1. The van der Waals surface area contributed by atoms with E-state index in [2.05, 4.69) is 61.1 Å². The molecule has 7 atom stereocenters. The maximum atomic E-state index is 12.8. The number of rotatable bonds is 4. The van der Waals surface area contributed by atoms with Gasteiger partial charge in [-0.25, -0.2) is 0 Å². The highest BCUT2D eigenvalue weighted by atomic mass is 16.1. The molecule has 0 saturated heterocycles. The first-order chi connectivity index (χ1) is 14.4. The Morgan fingerprint density at radius 1 is 0.935 bits per heavy atom. The number of ketones is 1. The molecule has 1 nitrogen and oxygen atoms in total. The number of hydrogen-bond donors (Lipinski definition) is 0. The molecule has 0 aromatic rings. The fourth-order valence-electron chi connectivity index (χ4n) is 9.76. The molecule has 0 unspecified atom stereocenters. The van der Waals surface area contributed by atoms with Crippen LogP contribution in [0.2, 0.25) is 0 Å². The molecule has 174 valence electrons. The second-order valence-corrected chi connectivity index (χ2v) is 13.4. The Kier molecular flexibility index (Phi) is 5.71. The van der Waals surface area contributed by atoms with E-state index in [1.54, 1.807) is 0 Å². The monoisotopic (exact) mass is 424 g/mol. The van der Waals surface area contributed by atoms with Gasteiger partial charge in [-0.05, 0) is 112 Å². The van der Waals surface area contributed by atoms with Gasteiger partial charge < -0.3 is 0 Å². The number of carbonyl (C=O) groups excluding carboxylic acids is 1. The molecule has 1 heteroatoms. The second-order valence-electron chi connectivity index (χ2n) is 13.4. The lowest BCUT2D eigenvalue weighted by Gasteiger charge is -2.69. The van der Waals surface area contributed by atoms with Gasteiger partial charge in [-0.3, -0.25) is 4.79 Å². The zero-order chi connectivity index (χ0) is 22.8. The average Bonchev–Trinajstić information content (AvgIpc) is 3.03. The summed E-state index contributed by atoms with van der Waals surface area (Å²) in [4.78, 5) is 12.8. The van der Waals surface area contributed by atoms with Gasteiger partial charge in [-0.15, -0.1) is 0 Å². The average molecular weight is 425 g/mol. The summed E-state index contributed by atoms with van der Waals surface area (Å²) in [5.41, 5.74) is 3.99. The minimum absolute atomic E-state index is 0.135. The van der Waals surface area contributed by atoms with Gasteiger partial charge in [-0.1, -0.05) is 58.4 Å². The van der Waals surface area contributed by atoms with Crippen LogP contribution in [0.1, 0.15) is 113 Å². The molecule has 0 aromatic carbocycles. The number of allylic oxidation sites excluding steroid dienone is 3. The molecule has 4 fully saturated rings. The van der Waals surface area contributed by atoms with E-state index in [0.717, 1.165) is 37.0 Å². The summed E-state index contributed by atoms with van der Waals surface area (Å²) in [7, 11) is 0. The first-order valence-corrected chi connectivity index (χ1v) is 13.2. The third kappa shape index (κ3) is 3.26. The predicted molar refractivity (Wildman–Crippen MR) is 132 cm³/mol. The smallest absolute Gasteiger partial charge is 0.138 e. The van der Waals surface area contributed by atoms with E-state index in [0.29, 0.717) is 27.9 Å². The summed E-state index contributed by atoms with van der Waals surface area (Å²) in [5.74, 6) is 3.39. The minimum Gasteiger partial charge on any atom is -0.299 e. The van der Waals surface area contributed by atoms with E-state index in [1.165, 1.54) is 56.1 Å². The lowest BCUT2D eigenvalue weighted by molar-refractivity contribution is -0.201. The van der Waals surface area contributed by atoms with Crippen molar-refractivity contribution in [2.45, 2.75) is 113 Å². The summed E-state index contributed by atoms with van der Waals surface area (Å²) in [6, 6.07) is 0. The number of Topliss-reactive ketones (excluding diaryl/α,β-unsaturated/α-hetero) is 1. The van der Waals surface area contributed by atoms with Gasteiger partial charge in [-0.2, -0.15) is 0 Å². The van der Waals surface area contributed by atoms with Crippen LogP contribution in [-0.4, -0.2) is 5.78 Å². The first-order valence-electron chi connectivity index (χ1n) is 13.2. The normalized spacial score (nSPS) is 46.0. The summed E-state index contributed by atoms with van der Waals surface area (Å²) >= 11 is 0. The van der Waals surface area contributed by atoms with Gasteiger partial charge in [0.15, 0.2) is 0 Å². The Bertz CT molecular complexity index is 782. The van der Waals surface area contributed by atoms with Gasteiger partial charge >= 0.3 is 0 Å². The predicted octanol–water partition coefficient (Wildman–Crippen LogP) is 8.54. The Hall–Kier alpha value is -0.850. The van der Waals surface area contributed by atoms with Gasteiger partial charge in [0.25, 0.3) is 0 Å². The highest BCUT2D eigenvalue weighted by Crippen LogP contribution is 2.75. The Balaban J connectivity index is 1.60. The molecular weight excluding hydrogens is 376 g/mol. The van der Waals surface area contributed by atoms with Gasteiger partial charge in [0.1, 0.15) is 5.78 Å². The molecule has 0 amide bonds. The molecule has 0 aliphatic heterocycles. The molecule has 0 bridgehead atoms. The Morgan fingerprint density at radius 2 is 1.61 bits per heavy atom. The van der Waals surface area contributed by atoms with Crippen molar-refractivity contribution < 1.29 is 4.79 Å². The van der Waals surface area contributed by atoms with Crippen molar-refractivity contribution in [1.29, 1.82) is 0 Å². The fraction of sp³-hybridized carbons (Fsp3) is 0.833. The zero-order valence-corrected chi connectivity index (χ0v) is 21.6. The van der Waals surface area contributed by atoms with Crippen LogP contribution in [-0.2, 0) is 4.79 Å². The molecule has 0 radical (unpaired) electrons. The van der Waals surface area contributed by atoms with E-state index in [4.69, 9.17) is 0 Å². The summed E-state index contributed by atoms with van der Waals surface area (Å²) < 4.78 is 0. The summed E-state index contributed by atoms with van der Waals surface area (Å²) in [6.45, 7) is 21.5. The van der Waals surface area contributed by atoms with E-state index >= 15 is 0 Å². The van der Waals surface area contributed by atoms with Crippen molar-refractivity contribution in [3.05, 3.63) is 23.8 Å². The minimum atomic E-state index is -0.135. The van der Waals surface area contributed by atoms with E-state index < -0.39 is 0 Å².